The van der Waals surface area contributed by atoms with Gasteiger partial charge in [0.15, 0.2) is 0 Å². The van der Waals surface area contributed by atoms with Gasteiger partial charge in [0.1, 0.15) is 0 Å². The highest BCUT2D eigenvalue weighted by molar-refractivity contribution is 14.1. The molecule has 0 aromatic heterocycles. The Hall–Kier alpha value is -0.100. The van der Waals surface area contributed by atoms with Crippen LogP contribution in [0, 0.1) is 16.4 Å². The Balaban J connectivity index is 2.19. The Labute approximate surface area is 130 Å². The average Bonchev–Trinajstić information content (AvgIpc) is 2.35. The van der Waals surface area contributed by atoms with Crippen molar-refractivity contribution >= 4 is 44.4 Å². The number of piperidine rings is 1. The molecule has 1 saturated heterocycles. The van der Waals surface area contributed by atoms with Crippen LogP contribution in [-0.4, -0.2) is 28.7 Å². The molecule has 1 amide bonds. The van der Waals surface area contributed by atoms with Gasteiger partial charge < -0.3 is 4.90 Å². The van der Waals surface area contributed by atoms with Crippen LogP contribution >= 0.6 is 38.5 Å². The molecule has 0 radical (unpaired) electrons. The average molecular weight is 422 g/mol. The van der Waals surface area contributed by atoms with Gasteiger partial charge in [-0.05, 0) is 53.5 Å². The summed E-state index contributed by atoms with van der Waals surface area (Å²) in [5.74, 6) is 0.810. The van der Waals surface area contributed by atoms with E-state index in [1.807, 2.05) is 30.0 Å². The lowest BCUT2D eigenvalue weighted by atomic mass is 9.98. The second-order valence-corrected chi connectivity index (χ2v) is 7.22. The van der Waals surface area contributed by atoms with Gasteiger partial charge >= 0.3 is 0 Å². The normalized spacial score (nSPS) is 24.1. The molecule has 1 aromatic rings. The van der Waals surface area contributed by atoms with E-state index in [0.717, 1.165) is 28.6 Å². The maximum Gasteiger partial charge on any atom is 0.254 e. The number of aryl methyl sites for hydroxylation is 1. The SMILES string of the molecule is Cc1cccc(C(=O)N2CCC(C)C(Br)C2)c1I. The third-order valence-corrected chi connectivity index (χ3v) is 6.20. The Morgan fingerprint density at radius 1 is 1.50 bits per heavy atom. The van der Waals surface area contributed by atoms with Crippen molar-refractivity contribution in [1.82, 2.24) is 4.90 Å². The third kappa shape index (κ3) is 2.90. The molecule has 0 aliphatic carbocycles. The molecule has 1 aromatic carbocycles. The van der Waals surface area contributed by atoms with Crippen molar-refractivity contribution in [3.05, 3.63) is 32.9 Å². The molecule has 1 aliphatic rings. The Bertz CT molecular complexity index is 463. The molecule has 1 heterocycles. The first kappa shape index (κ1) is 14.3. The number of likely N-dealkylation sites (tertiary alicyclic amines) is 1. The zero-order chi connectivity index (χ0) is 13.3. The summed E-state index contributed by atoms with van der Waals surface area (Å²) in [5.41, 5.74) is 2.01. The fourth-order valence-electron chi connectivity index (χ4n) is 2.19. The van der Waals surface area contributed by atoms with Crippen LogP contribution in [0.5, 0.6) is 0 Å². The van der Waals surface area contributed by atoms with E-state index in [2.05, 4.69) is 45.4 Å². The molecule has 18 heavy (non-hydrogen) atoms. The Morgan fingerprint density at radius 3 is 2.89 bits per heavy atom. The fraction of sp³-hybridized carbons (Fsp3) is 0.500. The summed E-state index contributed by atoms with van der Waals surface area (Å²) < 4.78 is 1.07. The second kappa shape index (κ2) is 5.90. The Kier molecular flexibility index (Phi) is 4.69. The zero-order valence-corrected chi connectivity index (χ0v) is 14.4. The number of benzene rings is 1. The topological polar surface area (TPSA) is 20.3 Å². The van der Waals surface area contributed by atoms with Crippen molar-refractivity contribution in [3.8, 4) is 0 Å². The smallest absolute Gasteiger partial charge is 0.254 e. The number of carbonyl (C=O) groups excluding carboxylic acids is 1. The van der Waals surface area contributed by atoms with Crippen LogP contribution in [0.2, 0.25) is 0 Å². The number of halogens is 2. The number of alkyl halides is 1. The van der Waals surface area contributed by atoms with E-state index >= 15 is 0 Å². The van der Waals surface area contributed by atoms with Crippen LogP contribution in [0.3, 0.4) is 0 Å². The number of rotatable bonds is 1. The molecule has 2 atom stereocenters. The van der Waals surface area contributed by atoms with E-state index < -0.39 is 0 Å². The van der Waals surface area contributed by atoms with Gasteiger partial charge in [0.2, 0.25) is 0 Å². The van der Waals surface area contributed by atoms with Crippen molar-refractivity contribution in [2.24, 2.45) is 5.92 Å². The largest absolute Gasteiger partial charge is 0.337 e. The molecular weight excluding hydrogens is 405 g/mol. The van der Waals surface area contributed by atoms with E-state index in [4.69, 9.17) is 0 Å². The van der Waals surface area contributed by atoms with Gasteiger partial charge in [-0.25, -0.2) is 0 Å². The summed E-state index contributed by atoms with van der Waals surface area (Å²) in [4.78, 5) is 14.9. The summed E-state index contributed by atoms with van der Waals surface area (Å²) in [6.07, 6.45) is 1.07. The monoisotopic (exact) mass is 421 g/mol. The lowest BCUT2D eigenvalue weighted by Gasteiger charge is -2.34. The minimum Gasteiger partial charge on any atom is -0.337 e. The van der Waals surface area contributed by atoms with Crippen molar-refractivity contribution in [2.45, 2.75) is 25.1 Å². The van der Waals surface area contributed by atoms with Crippen molar-refractivity contribution < 1.29 is 4.79 Å². The molecular formula is C14H17BrINO. The van der Waals surface area contributed by atoms with E-state index in [-0.39, 0.29) is 5.91 Å². The summed E-state index contributed by atoms with van der Waals surface area (Å²) in [6.45, 7) is 5.96. The molecule has 2 rings (SSSR count). The lowest BCUT2D eigenvalue weighted by molar-refractivity contribution is 0.0705. The molecule has 2 unspecified atom stereocenters. The highest BCUT2D eigenvalue weighted by Gasteiger charge is 2.28. The van der Waals surface area contributed by atoms with E-state index in [1.54, 1.807) is 0 Å². The predicted octanol–water partition coefficient (Wildman–Crippen LogP) is 3.85. The van der Waals surface area contributed by atoms with Gasteiger partial charge in [-0.3, -0.25) is 4.79 Å². The van der Waals surface area contributed by atoms with Crippen LogP contribution in [0.15, 0.2) is 18.2 Å². The molecule has 1 fully saturated rings. The lowest BCUT2D eigenvalue weighted by Crippen LogP contribution is -2.43. The number of amides is 1. The second-order valence-electron chi connectivity index (χ2n) is 4.97. The van der Waals surface area contributed by atoms with Crippen molar-refractivity contribution in [3.63, 3.8) is 0 Å². The van der Waals surface area contributed by atoms with Crippen LogP contribution in [0.25, 0.3) is 0 Å². The molecule has 0 bridgehead atoms. The summed E-state index contributed by atoms with van der Waals surface area (Å²) >= 11 is 5.94. The maximum atomic E-state index is 12.5. The molecule has 0 saturated carbocycles. The van der Waals surface area contributed by atoms with Crippen molar-refractivity contribution in [2.75, 3.05) is 13.1 Å². The fourth-order valence-corrected chi connectivity index (χ4v) is 3.39. The minimum atomic E-state index is 0.166. The molecule has 2 nitrogen and oxygen atoms in total. The Morgan fingerprint density at radius 2 is 2.22 bits per heavy atom. The van der Waals surface area contributed by atoms with Gasteiger partial charge in [0.25, 0.3) is 5.91 Å². The number of carbonyl (C=O) groups is 1. The zero-order valence-electron chi connectivity index (χ0n) is 10.6. The van der Waals surface area contributed by atoms with E-state index in [1.165, 1.54) is 5.56 Å². The van der Waals surface area contributed by atoms with Crippen LogP contribution in [0.4, 0.5) is 0 Å². The molecule has 4 heteroatoms. The van der Waals surface area contributed by atoms with Gasteiger partial charge in [-0.1, -0.05) is 35.0 Å². The molecule has 98 valence electrons. The van der Waals surface area contributed by atoms with Crippen LogP contribution in [-0.2, 0) is 0 Å². The predicted molar refractivity (Wildman–Crippen MR) is 86.3 cm³/mol. The summed E-state index contributed by atoms with van der Waals surface area (Å²) in [5, 5.41) is 0. The number of nitrogens with zero attached hydrogens (tertiary/aromatic N) is 1. The first-order valence-electron chi connectivity index (χ1n) is 6.19. The maximum absolute atomic E-state index is 12.5. The van der Waals surface area contributed by atoms with Crippen LogP contribution < -0.4 is 0 Å². The first-order chi connectivity index (χ1) is 8.50. The number of hydrogen-bond donors (Lipinski definition) is 0. The highest BCUT2D eigenvalue weighted by atomic mass is 127. The summed E-state index contributed by atoms with van der Waals surface area (Å²) in [7, 11) is 0. The molecule has 1 aliphatic heterocycles. The molecule has 0 N–H and O–H groups in total. The minimum absolute atomic E-state index is 0.166. The van der Waals surface area contributed by atoms with E-state index in [0.29, 0.717) is 10.7 Å². The highest BCUT2D eigenvalue weighted by Crippen LogP contribution is 2.26. The molecule has 0 spiro atoms. The van der Waals surface area contributed by atoms with E-state index in [9.17, 15) is 4.79 Å². The first-order valence-corrected chi connectivity index (χ1v) is 8.18. The van der Waals surface area contributed by atoms with Gasteiger partial charge in [-0.2, -0.15) is 0 Å². The van der Waals surface area contributed by atoms with Gasteiger partial charge in [-0.15, -0.1) is 0 Å². The quantitative estimate of drug-likeness (QED) is 0.498. The van der Waals surface area contributed by atoms with Crippen molar-refractivity contribution in [1.29, 1.82) is 0 Å². The third-order valence-electron chi connectivity index (χ3n) is 3.58. The standard InChI is InChI=1S/C14H17BrINO/c1-9-6-7-17(8-12(9)15)14(18)11-5-3-4-10(2)13(11)16/h3-5,9,12H,6-8H2,1-2H3. The summed E-state index contributed by atoms with van der Waals surface area (Å²) in [6, 6.07) is 5.94. The van der Waals surface area contributed by atoms with Gasteiger partial charge in [0, 0.05) is 21.5 Å². The van der Waals surface area contributed by atoms with Crippen LogP contribution in [0.1, 0.15) is 29.3 Å². The number of hydrogen-bond acceptors (Lipinski definition) is 1. The van der Waals surface area contributed by atoms with Gasteiger partial charge in [0.05, 0.1) is 5.56 Å².